The summed E-state index contributed by atoms with van der Waals surface area (Å²) in [6.45, 7) is 8.52. The zero-order chi connectivity index (χ0) is 20.1. The van der Waals surface area contributed by atoms with Crippen LogP contribution >= 0.6 is 0 Å². The molecule has 2 aromatic heterocycles. The van der Waals surface area contributed by atoms with E-state index in [0.29, 0.717) is 12.2 Å². The van der Waals surface area contributed by atoms with Crippen LogP contribution in [0, 0.1) is 13.8 Å². The summed E-state index contributed by atoms with van der Waals surface area (Å²) >= 11 is 0. The molecule has 0 fully saturated rings. The monoisotopic (exact) mass is 380 g/mol. The van der Waals surface area contributed by atoms with Crippen molar-refractivity contribution in [2.75, 3.05) is 24.5 Å². The second kappa shape index (κ2) is 8.73. The van der Waals surface area contributed by atoms with Gasteiger partial charge in [-0.3, -0.25) is 14.6 Å². The lowest BCUT2D eigenvalue weighted by Crippen LogP contribution is -2.30. The summed E-state index contributed by atoms with van der Waals surface area (Å²) in [6, 6.07) is 12.1. The van der Waals surface area contributed by atoms with Gasteiger partial charge in [0.2, 0.25) is 0 Å². The molecule has 0 aliphatic heterocycles. The molecular weight excluding hydrogens is 352 g/mol. The topological polar surface area (TPSA) is 78.8 Å². The highest BCUT2D eigenvalue weighted by atomic mass is 16.1. The van der Waals surface area contributed by atoms with Crippen molar-refractivity contribution in [2.45, 2.75) is 27.2 Å². The molecule has 0 bridgehead atoms. The van der Waals surface area contributed by atoms with Crippen molar-refractivity contribution in [3.63, 3.8) is 0 Å². The van der Waals surface area contributed by atoms with Crippen LogP contribution in [0.15, 0.2) is 36.4 Å². The Kier molecular flexibility index (Phi) is 6.13. The molecule has 7 heteroatoms. The Balaban J connectivity index is 1.54. The van der Waals surface area contributed by atoms with E-state index in [9.17, 15) is 4.79 Å². The molecule has 0 atom stereocenters. The fraction of sp³-hybridized carbons (Fsp3) is 0.381. The summed E-state index contributed by atoms with van der Waals surface area (Å²) in [7, 11) is 1.90. The van der Waals surface area contributed by atoms with E-state index in [1.807, 2.05) is 43.8 Å². The Hall–Kier alpha value is -3.09. The molecule has 0 unspecified atom stereocenters. The van der Waals surface area contributed by atoms with Crippen molar-refractivity contribution in [3.05, 3.63) is 53.5 Å². The molecule has 1 aromatic carbocycles. The van der Waals surface area contributed by atoms with E-state index in [1.165, 1.54) is 5.69 Å². The summed E-state index contributed by atoms with van der Waals surface area (Å²) < 4.78 is 1.82. The van der Waals surface area contributed by atoms with Gasteiger partial charge < -0.3 is 10.2 Å². The molecule has 7 nitrogen and oxygen atoms in total. The van der Waals surface area contributed by atoms with E-state index >= 15 is 0 Å². The van der Waals surface area contributed by atoms with Gasteiger partial charge in [-0.15, -0.1) is 0 Å². The predicted octanol–water partition coefficient (Wildman–Crippen LogP) is 3.07. The van der Waals surface area contributed by atoms with Crippen molar-refractivity contribution in [2.24, 2.45) is 7.05 Å². The van der Waals surface area contributed by atoms with Crippen LogP contribution in [0.3, 0.4) is 0 Å². The van der Waals surface area contributed by atoms with E-state index in [1.54, 1.807) is 6.07 Å². The minimum Gasteiger partial charge on any atom is -0.372 e. The fourth-order valence-corrected chi connectivity index (χ4v) is 3.39. The van der Waals surface area contributed by atoms with Crippen LogP contribution in [0.5, 0.6) is 0 Å². The molecule has 0 radical (unpaired) electrons. The lowest BCUT2D eigenvalue weighted by molar-refractivity contribution is 0.0948. The number of aromatic nitrogens is 4. The largest absolute Gasteiger partial charge is 0.372 e. The van der Waals surface area contributed by atoms with Gasteiger partial charge in [-0.05, 0) is 45.4 Å². The second-order valence-electron chi connectivity index (χ2n) is 6.86. The van der Waals surface area contributed by atoms with Crippen LogP contribution in [-0.2, 0) is 7.05 Å². The average Bonchev–Trinajstić information content (AvgIpc) is 3.27. The van der Waals surface area contributed by atoms with Crippen molar-refractivity contribution in [1.82, 2.24) is 25.3 Å². The minimum atomic E-state index is -0.138. The third kappa shape index (κ3) is 4.24. The first-order valence-corrected chi connectivity index (χ1v) is 9.65. The number of hydrogen-bond acceptors (Lipinski definition) is 4. The van der Waals surface area contributed by atoms with Gasteiger partial charge in [-0.1, -0.05) is 18.2 Å². The van der Waals surface area contributed by atoms with Crippen LogP contribution in [0.2, 0.25) is 0 Å². The molecule has 148 valence electrons. The van der Waals surface area contributed by atoms with E-state index in [2.05, 4.69) is 44.6 Å². The molecule has 28 heavy (non-hydrogen) atoms. The van der Waals surface area contributed by atoms with Crippen LogP contribution in [0.25, 0.3) is 11.3 Å². The zero-order valence-corrected chi connectivity index (χ0v) is 17.0. The lowest BCUT2D eigenvalue weighted by Gasteiger charge is -2.23. The molecule has 3 aromatic rings. The van der Waals surface area contributed by atoms with Gasteiger partial charge in [0, 0.05) is 43.6 Å². The third-order valence-electron chi connectivity index (χ3n) is 4.98. The number of carbonyl (C=O) groups is 1. The standard InChI is InChI=1S/C21H28N6O/c1-5-27(17-10-7-6-8-11-17)13-9-12-22-21(28)19-14-18(23-24-19)20-15(2)25-26(4)16(20)3/h6-8,10-11,14H,5,9,12-13H2,1-4H3,(H,22,28)(H,23,24). The molecule has 3 rings (SSSR count). The summed E-state index contributed by atoms with van der Waals surface area (Å²) in [5, 5.41) is 14.5. The first-order chi connectivity index (χ1) is 13.5. The fourth-order valence-electron chi connectivity index (χ4n) is 3.39. The van der Waals surface area contributed by atoms with E-state index in [-0.39, 0.29) is 5.91 Å². The van der Waals surface area contributed by atoms with Gasteiger partial charge >= 0.3 is 0 Å². The number of anilines is 1. The lowest BCUT2D eigenvalue weighted by atomic mass is 10.1. The van der Waals surface area contributed by atoms with Crippen LogP contribution in [0.1, 0.15) is 35.2 Å². The first kappa shape index (κ1) is 19.7. The summed E-state index contributed by atoms with van der Waals surface area (Å²) in [5.74, 6) is -0.138. The Morgan fingerprint density at radius 2 is 2.00 bits per heavy atom. The smallest absolute Gasteiger partial charge is 0.269 e. The highest BCUT2D eigenvalue weighted by Gasteiger charge is 2.17. The van der Waals surface area contributed by atoms with Crippen molar-refractivity contribution in [3.8, 4) is 11.3 Å². The van der Waals surface area contributed by atoms with Crippen LogP contribution in [0.4, 0.5) is 5.69 Å². The number of carbonyl (C=O) groups excluding carboxylic acids is 1. The summed E-state index contributed by atoms with van der Waals surface area (Å²) in [5.41, 5.74) is 5.31. The number of nitrogens with zero attached hydrogens (tertiary/aromatic N) is 4. The molecule has 0 saturated heterocycles. The molecule has 2 heterocycles. The van der Waals surface area contributed by atoms with Gasteiger partial charge in [-0.2, -0.15) is 10.2 Å². The van der Waals surface area contributed by atoms with E-state index in [4.69, 9.17) is 0 Å². The molecular formula is C21H28N6O. The normalized spacial score (nSPS) is 10.9. The molecule has 2 N–H and O–H groups in total. The number of aromatic amines is 1. The molecule has 0 spiro atoms. The average molecular weight is 380 g/mol. The van der Waals surface area contributed by atoms with Crippen LogP contribution in [-0.4, -0.2) is 45.5 Å². The van der Waals surface area contributed by atoms with Crippen molar-refractivity contribution in [1.29, 1.82) is 0 Å². The highest BCUT2D eigenvalue weighted by molar-refractivity contribution is 5.93. The molecule has 1 amide bonds. The van der Waals surface area contributed by atoms with Crippen LogP contribution < -0.4 is 10.2 Å². The predicted molar refractivity (Wildman–Crippen MR) is 112 cm³/mol. The molecule has 0 aliphatic rings. The number of aryl methyl sites for hydroxylation is 2. The third-order valence-corrected chi connectivity index (χ3v) is 4.98. The molecule has 0 saturated carbocycles. The summed E-state index contributed by atoms with van der Waals surface area (Å²) in [6.07, 6.45) is 0.871. The van der Waals surface area contributed by atoms with E-state index < -0.39 is 0 Å². The minimum absolute atomic E-state index is 0.138. The Morgan fingerprint density at radius 3 is 2.64 bits per heavy atom. The highest BCUT2D eigenvalue weighted by Crippen LogP contribution is 2.25. The number of hydrogen-bond donors (Lipinski definition) is 2. The van der Waals surface area contributed by atoms with Gasteiger partial charge in [0.05, 0.1) is 11.4 Å². The quantitative estimate of drug-likeness (QED) is 0.589. The van der Waals surface area contributed by atoms with E-state index in [0.717, 1.165) is 42.2 Å². The Morgan fingerprint density at radius 1 is 1.25 bits per heavy atom. The van der Waals surface area contributed by atoms with Gasteiger partial charge in [0.15, 0.2) is 0 Å². The SMILES string of the molecule is CCN(CCCNC(=O)c1cc(-c2c(C)nn(C)c2C)n[nH]1)c1ccccc1. The summed E-state index contributed by atoms with van der Waals surface area (Å²) in [4.78, 5) is 14.7. The first-order valence-electron chi connectivity index (χ1n) is 9.65. The molecule has 0 aliphatic carbocycles. The van der Waals surface area contributed by atoms with Gasteiger partial charge in [-0.25, -0.2) is 0 Å². The van der Waals surface area contributed by atoms with Gasteiger partial charge in [0.1, 0.15) is 5.69 Å². The maximum atomic E-state index is 12.4. The van der Waals surface area contributed by atoms with Gasteiger partial charge in [0.25, 0.3) is 5.91 Å². The van der Waals surface area contributed by atoms with Crippen molar-refractivity contribution >= 4 is 11.6 Å². The second-order valence-corrected chi connectivity index (χ2v) is 6.86. The number of rotatable bonds is 8. The number of benzene rings is 1. The Bertz CT molecular complexity index is 928. The number of para-hydroxylation sites is 1. The number of H-pyrrole nitrogens is 1. The van der Waals surface area contributed by atoms with Crippen molar-refractivity contribution < 1.29 is 4.79 Å². The number of amides is 1. The maximum absolute atomic E-state index is 12.4. The maximum Gasteiger partial charge on any atom is 0.269 e. The Labute approximate surface area is 165 Å². The zero-order valence-electron chi connectivity index (χ0n) is 17.0. The number of nitrogens with one attached hydrogen (secondary N) is 2.